The first-order valence-electron chi connectivity index (χ1n) is 6.60. The van der Waals surface area contributed by atoms with Crippen LogP contribution in [0.15, 0.2) is 22.8 Å². The number of pyridine rings is 1. The summed E-state index contributed by atoms with van der Waals surface area (Å²) in [4.78, 5) is 16.2. The minimum atomic E-state index is -0.0747. The van der Waals surface area contributed by atoms with Crippen molar-refractivity contribution in [3.8, 4) is 0 Å². The van der Waals surface area contributed by atoms with Crippen molar-refractivity contribution in [2.24, 2.45) is 5.92 Å². The molecule has 0 bridgehead atoms. The normalized spacial score (nSPS) is 18.3. The average Bonchev–Trinajstić information content (AvgIpc) is 2.39. The van der Waals surface area contributed by atoms with Crippen molar-refractivity contribution >= 4 is 21.8 Å². The number of hydrogen-bond acceptors (Lipinski definition) is 2. The second-order valence-corrected chi connectivity index (χ2v) is 5.82. The Hall–Kier alpha value is -0.900. The molecular weight excluding hydrogens is 292 g/mol. The Morgan fingerprint density at radius 3 is 2.78 bits per heavy atom. The first kappa shape index (κ1) is 13.5. The molecular formula is C14H19BrN2O. The Morgan fingerprint density at radius 1 is 1.39 bits per heavy atom. The van der Waals surface area contributed by atoms with Crippen molar-refractivity contribution in [3.63, 3.8) is 0 Å². The highest BCUT2D eigenvalue weighted by Crippen LogP contribution is 2.26. The lowest BCUT2D eigenvalue weighted by atomic mass is 9.84. The van der Waals surface area contributed by atoms with Gasteiger partial charge in [-0.3, -0.25) is 4.79 Å². The summed E-state index contributed by atoms with van der Waals surface area (Å²) in [7, 11) is 0. The van der Waals surface area contributed by atoms with Gasteiger partial charge in [0, 0.05) is 6.04 Å². The zero-order valence-corrected chi connectivity index (χ0v) is 12.2. The number of amides is 1. The molecule has 1 unspecified atom stereocenters. The highest BCUT2D eigenvalue weighted by molar-refractivity contribution is 9.10. The number of carbonyl (C=O) groups is 1. The van der Waals surface area contributed by atoms with Crippen LogP contribution < -0.4 is 5.32 Å². The Kier molecular flexibility index (Phi) is 4.75. The van der Waals surface area contributed by atoms with E-state index >= 15 is 0 Å². The van der Waals surface area contributed by atoms with Crippen LogP contribution in [0.25, 0.3) is 0 Å². The topological polar surface area (TPSA) is 42.0 Å². The number of carbonyl (C=O) groups excluding carboxylic acids is 1. The van der Waals surface area contributed by atoms with Crippen LogP contribution in [0.5, 0.6) is 0 Å². The third-order valence-electron chi connectivity index (χ3n) is 3.66. The van der Waals surface area contributed by atoms with Crippen molar-refractivity contribution in [1.29, 1.82) is 0 Å². The predicted molar refractivity (Wildman–Crippen MR) is 75.4 cm³/mol. The lowest BCUT2D eigenvalue weighted by Gasteiger charge is -2.28. The summed E-state index contributed by atoms with van der Waals surface area (Å²) in [5.74, 6) is 0.546. The Bertz CT molecular complexity index is 416. The van der Waals surface area contributed by atoms with Crippen LogP contribution in [-0.2, 0) is 0 Å². The number of nitrogens with zero attached hydrogens (tertiary/aromatic N) is 1. The fourth-order valence-corrected chi connectivity index (χ4v) is 2.91. The third kappa shape index (κ3) is 3.55. The molecule has 1 aliphatic rings. The van der Waals surface area contributed by atoms with Crippen LogP contribution in [0.3, 0.4) is 0 Å². The monoisotopic (exact) mass is 310 g/mol. The summed E-state index contributed by atoms with van der Waals surface area (Å²) < 4.78 is 0.695. The molecule has 98 valence electrons. The van der Waals surface area contributed by atoms with Gasteiger partial charge in [-0.25, -0.2) is 4.98 Å². The third-order valence-corrected chi connectivity index (χ3v) is 4.11. The fraction of sp³-hybridized carbons (Fsp3) is 0.571. The maximum atomic E-state index is 12.1. The zero-order chi connectivity index (χ0) is 13.0. The molecule has 1 heterocycles. The van der Waals surface area contributed by atoms with Gasteiger partial charge < -0.3 is 5.32 Å². The van der Waals surface area contributed by atoms with E-state index in [0.717, 1.165) is 0 Å². The molecule has 0 radical (unpaired) electrons. The molecule has 0 spiro atoms. The van der Waals surface area contributed by atoms with Gasteiger partial charge in [0.25, 0.3) is 5.91 Å². The second-order valence-electron chi connectivity index (χ2n) is 5.01. The molecule has 1 amide bonds. The van der Waals surface area contributed by atoms with Gasteiger partial charge in [-0.15, -0.1) is 0 Å². The molecule has 0 saturated heterocycles. The van der Waals surface area contributed by atoms with Gasteiger partial charge in [0.05, 0.1) is 0 Å². The van der Waals surface area contributed by atoms with Crippen molar-refractivity contribution in [2.75, 3.05) is 0 Å². The van der Waals surface area contributed by atoms with Crippen molar-refractivity contribution in [3.05, 3.63) is 28.5 Å². The molecule has 1 aromatic heterocycles. The largest absolute Gasteiger partial charge is 0.348 e. The number of halogens is 1. The lowest BCUT2D eigenvalue weighted by Crippen LogP contribution is -2.39. The van der Waals surface area contributed by atoms with E-state index in [1.807, 2.05) is 12.1 Å². The van der Waals surface area contributed by atoms with Crippen molar-refractivity contribution in [1.82, 2.24) is 10.3 Å². The van der Waals surface area contributed by atoms with E-state index in [1.54, 1.807) is 6.07 Å². The van der Waals surface area contributed by atoms with Gasteiger partial charge in [0.1, 0.15) is 10.3 Å². The molecule has 18 heavy (non-hydrogen) atoms. The number of hydrogen-bond donors (Lipinski definition) is 1. The molecule has 3 nitrogen and oxygen atoms in total. The molecule has 1 atom stereocenters. The van der Waals surface area contributed by atoms with Gasteiger partial charge >= 0.3 is 0 Å². The molecule has 2 rings (SSSR count). The lowest BCUT2D eigenvalue weighted by molar-refractivity contribution is 0.0914. The quantitative estimate of drug-likeness (QED) is 0.868. The van der Waals surface area contributed by atoms with Crippen LogP contribution in [0.2, 0.25) is 0 Å². The van der Waals surface area contributed by atoms with Crippen LogP contribution in [0.1, 0.15) is 49.5 Å². The minimum Gasteiger partial charge on any atom is -0.348 e. The molecule has 1 N–H and O–H groups in total. The number of aromatic nitrogens is 1. The predicted octanol–water partition coefficient (Wildman–Crippen LogP) is 3.54. The maximum Gasteiger partial charge on any atom is 0.270 e. The average molecular weight is 311 g/mol. The minimum absolute atomic E-state index is 0.0747. The maximum absolute atomic E-state index is 12.1. The van der Waals surface area contributed by atoms with Crippen molar-refractivity contribution < 1.29 is 4.79 Å². The summed E-state index contributed by atoms with van der Waals surface area (Å²) in [6.07, 6.45) is 6.38. The number of nitrogens with one attached hydrogen (secondary N) is 1. The van der Waals surface area contributed by atoms with Gasteiger partial charge in [-0.05, 0) is 53.7 Å². The summed E-state index contributed by atoms with van der Waals surface area (Å²) in [6.45, 7) is 2.10. The first-order valence-corrected chi connectivity index (χ1v) is 7.39. The van der Waals surface area contributed by atoms with Crippen molar-refractivity contribution in [2.45, 2.75) is 45.1 Å². The highest BCUT2D eigenvalue weighted by atomic mass is 79.9. The van der Waals surface area contributed by atoms with Crippen LogP contribution in [-0.4, -0.2) is 16.9 Å². The Morgan fingerprint density at radius 2 is 2.11 bits per heavy atom. The molecule has 1 aliphatic carbocycles. The fourth-order valence-electron chi connectivity index (χ4n) is 2.57. The Labute approximate surface area is 117 Å². The Balaban J connectivity index is 1.94. The van der Waals surface area contributed by atoms with E-state index in [2.05, 4.69) is 33.2 Å². The van der Waals surface area contributed by atoms with Gasteiger partial charge in [0.2, 0.25) is 0 Å². The summed E-state index contributed by atoms with van der Waals surface area (Å²) in [5.41, 5.74) is 0.479. The SMILES string of the molecule is CC(NC(=O)c1cccc(Br)n1)C1CCCCC1. The summed E-state index contributed by atoms with van der Waals surface area (Å²) in [5, 5.41) is 3.07. The second kappa shape index (κ2) is 6.32. The molecule has 1 aromatic rings. The van der Waals surface area contributed by atoms with Crippen LogP contribution in [0.4, 0.5) is 0 Å². The number of rotatable bonds is 3. The smallest absolute Gasteiger partial charge is 0.270 e. The summed E-state index contributed by atoms with van der Waals surface area (Å²) in [6, 6.07) is 5.63. The van der Waals surface area contributed by atoms with Crippen LogP contribution >= 0.6 is 15.9 Å². The molecule has 0 aliphatic heterocycles. The van der Waals surface area contributed by atoms with E-state index in [0.29, 0.717) is 16.2 Å². The van der Waals surface area contributed by atoms with E-state index in [4.69, 9.17) is 0 Å². The summed E-state index contributed by atoms with van der Waals surface area (Å²) >= 11 is 3.28. The van der Waals surface area contributed by atoms with E-state index in [1.165, 1.54) is 32.1 Å². The first-order chi connectivity index (χ1) is 8.66. The van der Waals surface area contributed by atoms with E-state index in [-0.39, 0.29) is 11.9 Å². The van der Waals surface area contributed by atoms with Gasteiger partial charge in [0.15, 0.2) is 0 Å². The zero-order valence-electron chi connectivity index (χ0n) is 10.7. The van der Waals surface area contributed by atoms with E-state index < -0.39 is 0 Å². The highest BCUT2D eigenvalue weighted by Gasteiger charge is 2.22. The van der Waals surface area contributed by atoms with Crippen LogP contribution in [0, 0.1) is 5.92 Å². The van der Waals surface area contributed by atoms with Gasteiger partial charge in [-0.2, -0.15) is 0 Å². The molecule has 1 fully saturated rings. The standard InChI is InChI=1S/C14H19BrN2O/c1-10(11-6-3-2-4-7-11)16-14(18)12-8-5-9-13(15)17-12/h5,8-11H,2-4,6-7H2,1H3,(H,16,18). The molecule has 1 saturated carbocycles. The van der Waals surface area contributed by atoms with Gasteiger partial charge in [-0.1, -0.05) is 25.3 Å². The molecule has 0 aromatic carbocycles. The molecule has 4 heteroatoms. The van der Waals surface area contributed by atoms with E-state index in [9.17, 15) is 4.79 Å².